The third-order valence-electron chi connectivity index (χ3n) is 3.87. The molecule has 0 fully saturated rings. The Morgan fingerprint density at radius 2 is 1.96 bits per heavy atom. The average Bonchev–Trinajstić information content (AvgIpc) is 3.20. The molecule has 0 aliphatic rings. The van der Waals surface area contributed by atoms with Gasteiger partial charge in [0.1, 0.15) is 4.83 Å². The molecule has 0 unspecified atom stereocenters. The van der Waals surface area contributed by atoms with Crippen molar-refractivity contribution >= 4 is 43.2 Å². The van der Waals surface area contributed by atoms with Gasteiger partial charge in [-0.3, -0.25) is 4.79 Å². The molecular formula is C18H18N4OS2. The van der Waals surface area contributed by atoms with Gasteiger partial charge in [-0.1, -0.05) is 23.5 Å². The summed E-state index contributed by atoms with van der Waals surface area (Å²) in [6.07, 6.45) is 0. The molecule has 128 valence electrons. The van der Waals surface area contributed by atoms with Crippen molar-refractivity contribution in [3.63, 3.8) is 0 Å². The number of thiazole rings is 1. The fourth-order valence-electron chi connectivity index (χ4n) is 2.43. The summed E-state index contributed by atoms with van der Waals surface area (Å²) in [6, 6.07) is 11.2. The number of nitrogens with one attached hydrogen (secondary N) is 1. The van der Waals surface area contributed by atoms with Crippen molar-refractivity contribution in [3.05, 3.63) is 46.3 Å². The monoisotopic (exact) mass is 370 g/mol. The van der Waals surface area contributed by atoms with Crippen LogP contribution >= 0.6 is 22.7 Å². The third-order valence-corrected chi connectivity index (χ3v) is 6.09. The summed E-state index contributed by atoms with van der Waals surface area (Å²) in [5.41, 5.74) is 1.58. The van der Waals surface area contributed by atoms with E-state index < -0.39 is 0 Å². The molecule has 1 aromatic carbocycles. The Labute approximate surface area is 154 Å². The highest BCUT2D eigenvalue weighted by molar-refractivity contribution is 7.29. The van der Waals surface area contributed by atoms with Crippen LogP contribution in [0.15, 0.2) is 30.3 Å². The maximum Gasteiger partial charge on any atom is 0.261 e. The lowest BCUT2D eigenvalue weighted by Gasteiger charge is -2.16. The van der Waals surface area contributed by atoms with E-state index >= 15 is 0 Å². The molecule has 0 bridgehead atoms. The van der Waals surface area contributed by atoms with Gasteiger partial charge in [-0.2, -0.15) is 5.26 Å². The Morgan fingerprint density at radius 3 is 2.56 bits per heavy atom. The van der Waals surface area contributed by atoms with Gasteiger partial charge in [-0.15, -0.1) is 11.3 Å². The summed E-state index contributed by atoms with van der Waals surface area (Å²) in [4.78, 5) is 20.8. The predicted molar refractivity (Wildman–Crippen MR) is 103 cm³/mol. The van der Waals surface area contributed by atoms with Crippen molar-refractivity contribution in [1.29, 1.82) is 5.26 Å². The first-order valence-corrected chi connectivity index (χ1v) is 9.70. The molecule has 5 nitrogen and oxygen atoms in total. The average molecular weight is 371 g/mol. The molecule has 1 amide bonds. The van der Waals surface area contributed by atoms with Crippen LogP contribution in [0, 0.1) is 11.3 Å². The van der Waals surface area contributed by atoms with Crippen LogP contribution in [0.3, 0.4) is 0 Å². The van der Waals surface area contributed by atoms with Crippen molar-refractivity contribution < 1.29 is 4.79 Å². The lowest BCUT2D eigenvalue weighted by Crippen LogP contribution is -2.22. The first-order chi connectivity index (χ1) is 12.1. The van der Waals surface area contributed by atoms with Crippen LogP contribution in [0.5, 0.6) is 0 Å². The van der Waals surface area contributed by atoms with Gasteiger partial charge in [0, 0.05) is 19.6 Å². The standard InChI is InChI=1S/C18H18N4OS2/c1-3-22(4-2)18-21-17-15(25-18)9-14(24-17)16(23)20-11-13-7-5-12(10-19)6-8-13/h5-9H,3-4,11H2,1-2H3,(H,20,23). The Hall–Kier alpha value is -2.43. The van der Waals surface area contributed by atoms with E-state index in [9.17, 15) is 4.79 Å². The zero-order valence-electron chi connectivity index (χ0n) is 14.1. The number of fused-ring (bicyclic) bond motifs is 1. The van der Waals surface area contributed by atoms with E-state index in [0.29, 0.717) is 17.0 Å². The zero-order valence-corrected chi connectivity index (χ0v) is 15.7. The molecule has 25 heavy (non-hydrogen) atoms. The number of hydrogen-bond acceptors (Lipinski definition) is 6. The van der Waals surface area contributed by atoms with Gasteiger partial charge in [-0.05, 0) is 37.6 Å². The van der Waals surface area contributed by atoms with E-state index in [4.69, 9.17) is 5.26 Å². The molecule has 3 aromatic rings. The Kier molecular flexibility index (Phi) is 5.31. The molecule has 2 heterocycles. The summed E-state index contributed by atoms with van der Waals surface area (Å²) >= 11 is 3.05. The first-order valence-electron chi connectivity index (χ1n) is 8.07. The van der Waals surface area contributed by atoms with Gasteiger partial charge in [-0.25, -0.2) is 4.98 Å². The first kappa shape index (κ1) is 17.4. The van der Waals surface area contributed by atoms with E-state index in [0.717, 1.165) is 33.3 Å². The smallest absolute Gasteiger partial charge is 0.261 e. The van der Waals surface area contributed by atoms with E-state index in [1.165, 1.54) is 11.3 Å². The quantitative estimate of drug-likeness (QED) is 0.712. The van der Waals surface area contributed by atoms with Crippen LogP contribution in [-0.2, 0) is 6.54 Å². The summed E-state index contributed by atoms with van der Waals surface area (Å²) in [6.45, 7) is 6.51. The Bertz CT molecular complexity index is 885. The summed E-state index contributed by atoms with van der Waals surface area (Å²) in [5, 5.41) is 12.7. The SMILES string of the molecule is CCN(CC)c1nc2sc(C(=O)NCc3ccc(C#N)cc3)cc2s1. The summed E-state index contributed by atoms with van der Waals surface area (Å²) < 4.78 is 1.05. The molecule has 1 N–H and O–H groups in total. The highest BCUT2D eigenvalue weighted by Gasteiger charge is 2.15. The second-order valence-electron chi connectivity index (χ2n) is 5.44. The lowest BCUT2D eigenvalue weighted by atomic mass is 10.1. The van der Waals surface area contributed by atoms with Crippen LogP contribution in [0.4, 0.5) is 5.13 Å². The highest BCUT2D eigenvalue weighted by atomic mass is 32.1. The minimum Gasteiger partial charge on any atom is -0.349 e. The highest BCUT2D eigenvalue weighted by Crippen LogP contribution is 2.34. The van der Waals surface area contributed by atoms with Crippen LogP contribution in [0.2, 0.25) is 0 Å². The zero-order chi connectivity index (χ0) is 17.8. The third kappa shape index (κ3) is 3.81. The Balaban J connectivity index is 1.67. The minimum absolute atomic E-state index is 0.0936. The van der Waals surface area contributed by atoms with Crippen molar-refractivity contribution in [2.24, 2.45) is 0 Å². The normalized spacial score (nSPS) is 10.6. The van der Waals surface area contributed by atoms with Gasteiger partial charge in [0.15, 0.2) is 5.13 Å². The number of carbonyl (C=O) groups is 1. The van der Waals surface area contributed by atoms with E-state index in [2.05, 4.69) is 35.1 Å². The lowest BCUT2D eigenvalue weighted by molar-refractivity contribution is 0.0955. The molecule has 0 radical (unpaired) electrons. The molecule has 7 heteroatoms. The molecule has 0 atom stereocenters. The molecule has 0 aliphatic carbocycles. The number of rotatable bonds is 6. The maximum absolute atomic E-state index is 12.4. The molecule has 0 saturated heterocycles. The largest absolute Gasteiger partial charge is 0.349 e. The van der Waals surface area contributed by atoms with Gasteiger partial charge in [0.25, 0.3) is 5.91 Å². The van der Waals surface area contributed by atoms with Crippen LogP contribution in [0.25, 0.3) is 9.53 Å². The number of nitriles is 1. The molecular weight excluding hydrogens is 352 g/mol. The molecule has 0 aliphatic heterocycles. The number of anilines is 1. The Morgan fingerprint density at radius 1 is 1.24 bits per heavy atom. The van der Waals surface area contributed by atoms with Gasteiger partial charge in [0.05, 0.1) is 21.2 Å². The maximum atomic E-state index is 12.4. The number of aromatic nitrogens is 1. The number of carbonyl (C=O) groups excluding carboxylic acids is 1. The van der Waals surface area contributed by atoms with E-state index in [1.807, 2.05) is 18.2 Å². The number of thiophene rings is 1. The molecule has 0 saturated carbocycles. The number of hydrogen-bond donors (Lipinski definition) is 1. The van der Waals surface area contributed by atoms with Gasteiger partial charge >= 0.3 is 0 Å². The molecule has 2 aromatic heterocycles. The fraction of sp³-hybridized carbons (Fsp3) is 0.278. The van der Waals surface area contributed by atoms with E-state index in [-0.39, 0.29) is 5.91 Å². The predicted octanol–water partition coefficient (Wildman–Crippen LogP) is 4.01. The minimum atomic E-state index is -0.0936. The topological polar surface area (TPSA) is 69.0 Å². The van der Waals surface area contributed by atoms with Crippen molar-refractivity contribution in [2.75, 3.05) is 18.0 Å². The summed E-state index contributed by atoms with van der Waals surface area (Å²) in [7, 11) is 0. The second kappa shape index (κ2) is 7.64. The van der Waals surface area contributed by atoms with Crippen LogP contribution in [-0.4, -0.2) is 24.0 Å². The van der Waals surface area contributed by atoms with E-state index in [1.54, 1.807) is 23.5 Å². The van der Waals surface area contributed by atoms with Crippen molar-refractivity contribution in [3.8, 4) is 6.07 Å². The van der Waals surface area contributed by atoms with Gasteiger partial charge < -0.3 is 10.2 Å². The van der Waals surface area contributed by atoms with Crippen LogP contribution < -0.4 is 10.2 Å². The number of nitrogens with zero attached hydrogens (tertiary/aromatic N) is 3. The van der Waals surface area contributed by atoms with Crippen LogP contribution in [0.1, 0.15) is 34.6 Å². The van der Waals surface area contributed by atoms with Gasteiger partial charge in [0.2, 0.25) is 0 Å². The number of benzene rings is 1. The second-order valence-corrected chi connectivity index (χ2v) is 7.48. The number of amides is 1. The van der Waals surface area contributed by atoms with Crippen molar-refractivity contribution in [2.45, 2.75) is 20.4 Å². The molecule has 3 rings (SSSR count). The van der Waals surface area contributed by atoms with Crippen molar-refractivity contribution in [1.82, 2.24) is 10.3 Å². The fourth-order valence-corrected chi connectivity index (χ4v) is 4.69. The summed E-state index contributed by atoms with van der Waals surface area (Å²) in [5.74, 6) is -0.0936. The molecule has 0 spiro atoms.